The van der Waals surface area contributed by atoms with Crippen molar-refractivity contribution in [2.45, 2.75) is 58.7 Å². The molecule has 1 N–H and O–H groups in total. The molecule has 0 aliphatic carbocycles. The zero-order valence-electron chi connectivity index (χ0n) is 18.0. The molecule has 11 heteroatoms. The summed E-state index contributed by atoms with van der Waals surface area (Å²) in [5.74, 6) is 1.17. The molecule has 2 amide bonds. The van der Waals surface area contributed by atoms with E-state index >= 15 is 0 Å². The summed E-state index contributed by atoms with van der Waals surface area (Å²) in [5.41, 5.74) is 0.585. The Morgan fingerprint density at radius 2 is 2.13 bits per heavy atom. The minimum atomic E-state index is -0.615. The first kappa shape index (κ1) is 20.8. The number of carbonyl (C=O) groups excluding carboxylic acids is 2. The SMILES string of the molecule is Cc1noc(-c2cccn3c(CNC(=O)C4CCCN4C(=O)OC(C)(C)C)nnc23)n1. The van der Waals surface area contributed by atoms with Crippen molar-refractivity contribution in [2.75, 3.05) is 6.54 Å². The van der Waals surface area contributed by atoms with Crippen LogP contribution in [0.1, 0.15) is 45.3 Å². The normalized spacial score (nSPS) is 16.6. The van der Waals surface area contributed by atoms with Gasteiger partial charge in [-0.2, -0.15) is 4.98 Å². The average Bonchev–Trinajstić information content (AvgIpc) is 3.44. The quantitative estimate of drug-likeness (QED) is 0.670. The Balaban J connectivity index is 1.47. The second-order valence-electron chi connectivity index (χ2n) is 8.43. The number of fused-ring (bicyclic) bond motifs is 1. The summed E-state index contributed by atoms with van der Waals surface area (Å²) in [4.78, 5) is 31.0. The number of hydrogen-bond donors (Lipinski definition) is 1. The number of aromatic nitrogens is 5. The molecule has 0 aromatic carbocycles. The van der Waals surface area contributed by atoms with Crippen molar-refractivity contribution in [3.8, 4) is 11.5 Å². The maximum atomic E-state index is 12.8. The number of rotatable bonds is 4. The van der Waals surface area contributed by atoms with Crippen LogP contribution in [0.3, 0.4) is 0 Å². The topological polar surface area (TPSA) is 128 Å². The molecule has 3 aromatic heterocycles. The van der Waals surface area contributed by atoms with Gasteiger partial charge in [0.2, 0.25) is 5.91 Å². The highest BCUT2D eigenvalue weighted by Gasteiger charge is 2.36. The number of hydrogen-bond acceptors (Lipinski definition) is 8. The molecule has 1 unspecified atom stereocenters. The van der Waals surface area contributed by atoms with E-state index in [1.54, 1.807) is 38.3 Å². The minimum Gasteiger partial charge on any atom is -0.444 e. The molecule has 4 rings (SSSR count). The van der Waals surface area contributed by atoms with Crippen LogP contribution in [0.5, 0.6) is 0 Å². The number of nitrogens with zero attached hydrogens (tertiary/aromatic N) is 6. The lowest BCUT2D eigenvalue weighted by Crippen LogP contribution is -2.47. The summed E-state index contributed by atoms with van der Waals surface area (Å²) in [6.45, 7) is 7.79. The van der Waals surface area contributed by atoms with E-state index in [0.29, 0.717) is 41.7 Å². The van der Waals surface area contributed by atoms with E-state index in [1.807, 2.05) is 12.1 Å². The van der Waals surface area contributed by atoms with Crippen molar-refractivity contribution in [1.82, 2.24) is 35.0 Å². The van der Waals surface area contributed by atoms with E-state index in [1.165, 1.54) is 4.90 Å². The Morgan fingerprint density at radius 3 is 2.84 bits per heavy atom. The third-order valence-corrected chi connectivity index (χ3v) is 4.87. The molecule has 4 heterocycles. The molecule has 1 fully saturated rings. The number of aryl methyl sites for hydroxylation is 1. The summed E-state index contributed by atoms with van der Waals surface area (Å²) in [6.07, 6.45) is 2.66. The van der Waals surface area contributed by atoms with E-state index < -0.39 is 17.7 Å². The van der Waals surface area contributed by atoms with Gasteiger partial charge in [-0.15, -0.1) is 10.2 Å². The second kappa shape index (κ2) is 7.97. The Bertz CT molecular complexity index is 1110. The van der Waals surface area contributed by atoms with Crippen LogP contribution in [0.4, 0.5) is 4.79 Å². The monoisotopic (exact) mass is 427 g/mol. The van der Waals surface area contributed by atoms with Crippen molar-refractivity contribution in [3.63, 3.8) is 0 Å². The molecule has 0 radical (unpaired) electrons. The van der Waals surface area contributed by atoms with E-state index in [9.17, 15) is 9.59 Å². The molecule has 11 nitrogen and oxygen atoms in total. The van der Waals surface area contributed by atoms with Crippen LogP contribution in [0.2, 0.25) is 0 Å². The lowest BCUT2D eigenvalue weighted by molar-refractivity contribution is -0.125. The largest absolute Gasteiger partial charge is 0.444 e. The van der Waals surface area contributed by atoms with Crippen LogP contribution in [0, 0.1) is 6.92 Å². The van der Waals surface area contributed by atoms with Crippen molar-refractivity contribution < 1.29 is 18.8 Å². The first-order valence-corrected chi connectivity index (χ1v) is 10.1. The molecular weight excluding hydrogens is 402 g/mol. The van der Waals surface area contributed by atoms with Gasteiger partial charge >= 0.3 is 6.09 Å². The van der Waals surface area contributed by atoms with Crippen molar-refractivity contribution in [2.24, 2.45) is 0 Å². The highest BCUT2D eigenvalue weighted by atomic mass is 16.6. The number of pyridine rings is 1. The predicted octanol–water partition coefficient (Wildman–Crippen LogP) is 2.10. The van der Waals surface area contributed by atoms with Crippen molar-refractivity contribution >= 4 is 17.6 Å². The molecule has 0 spiro atoms. The van der Waals surface area contributed by atoms with Gasteiger partial charge in [-0.1, -0.05) is 5.16 Å². The van der Waals surface area contributed by atoms with Gasteiger partial charge in [-0.3, -0.25) is 14.1 Å². The summed E-state index contributed by atoms with van der Waals surface area (Å²) in [5, 5.41) is 15.1. The lowest BCUT2D eigenvalue weighted by atomic mass is 10.2. The van der Waals surface area contributed by atoms with Gasteiger partial charge in [0.05, 0.1) is 12.1 Å². The van der Waals surface area contributed by atoms with Gasteiger partial charge in [0.15, 0.2) is 17.3 Å². The smallest absolute Gasteiger partial charge is 0.410 e. The fraction of sp³-hybridized carbons (Fsp3) is 0.500. The molecule has 1 aliphatic heterocycles. The standard InChI is InChI=1S/C20H25N7O4/c1-12-22-18(31-25-12)13-7-5-10-27-15(23-24-16(13)27)11-21-17(28)14-8-6-9-26(14)19(29)30-20(2,3)4/h5,7,10,14H,6,8-9,11H2,1-4H3,(H,21,28). The lowest BCUT2D eigenvalue weighted by Gasteiger charge is -2.27. The number of ether oxygens (including phenoxy) is 1. The average molecular weight is 427 g/mol. The van der Waals surface area contributed by atoms with Crippen molar-refractivity contribution in [1.29, 1.82) is 0 Å². The van der Waals surface area contributed by atoms with Gasteiger partial charge in [0.25, 0.3) is 5.89 Å². The van der Waals surface area contributed by atoms with Gasteiger partial charge in [-0.05, 0) is 52.7 Å². The van der Waals surface area contributed by atoms with E-state index in [4.69, 9.17) is 9.26 Å². The summed E-state index contributed by atoms with van der Waals surface area (Å²) in [6, 6.07) is 3.07. The summed E-state index contributed by atoms with van der Waals surface area (Å²) < 4.78 is 12.4. The second-order valence-corrected chi connectivity index (χ2v) is 8.43. The first-order valence-electron chi connectivity index (χ1n) is 10.1. The molecule has 1 saturated heterocycles. The van der Waals surface area contributed by atoms with Crippen LogP contribution in [0.15, 0.2) is 22.9 Å². The maximum Gasteiger partial charge on any atom is 0.410 e. The molecule has 3 aromatic rings. The van der Waals surface area contributed by atoms with Gasteiger partial charge < -0.3 is 14.6 Å². The van der Waals surface area contributed by atoms with E-state index in [-0.39, 0.29) is 12.5 Å². The first-order chi connectivity index (χ1) is 14.7. The van der Waals surface area contributed by atoms with Crippen LogP contribution in [0.25, 0.3) is 17.1 Å². The minimum absolute atomic E-state index is 0.158. The number of amides is 2. The number of nitrogens with one attached hydrogen (secondary N) is 1. The van der Waals surface area contributed by atoms with Gasteiger partial charge in [-0.25, -0.2) is 4.79 Å². The van der Waals surface area contributed by atoms with Crippen LogP contribution >= 0.6 is 0 Å². The van der Waals surface area contributed by atoms with E-state index in [2.05, 4.69) is 25.7 Å². The van der Waals surface area contributed by atoms with Crippen LogP contribution < -0.4 is 5.32 Å². The van der Waals surface area contributed by atoms with Gasteiger partial charge in [0, 0.05) is 12.7 Å². The predicted molar refractivity (Wildman–Crippen MR) is 109 cm³/mol. The highest BCUT2D eigenvalue weighted by Crippen LogP contribution is 2.23. The zero-order valence-corrected chi connectivity index (χ0v) is 18.0. The molecule has 0 bridgehead atoms. The van der Waals surface area contributed by atoms with Gasteiger partial charge in [0.1, 0.15) is 11.6 Å². The van der Waals surface area contributed by atoms with E-state index in [0.717, 1.165) is 6.42 Å². The van der Waals surface area contributed by atoms with Crippen molar-refractivity contribution in [3.05, 3.63) is 30.0 Å². The Hall–Kier alpha value is -3.50. The molecule has 164 valence electrons. The molecular formula is C20H25N7O4. The Kier molecular flexibility index (Phi) is 5.34. The third-order valence-electron chi connectivity index (χ3n) is 4.87. The summed E-state index contributed by atoms with van der Waals surface area (Å²) in [7, 11) is 0. The highest BCUT2D eigenvalue weighted by molar-refractivity contribution is 5.86. The zero-order chi connectivity index (χ0) is 22.2. The molecule has 1 aliphatic rings. The van der Waals surface area contributed by atoms with Crippen LogP contribution in [-0.4, -0.2) is 59.8 Å². The number of carbonyl (C=O) groups is 2. The fourth-order valence-electron chi connectivity index (χ4n) is 3.52. The maximum absolute atomic E-state index is 12.8. The fourth-order valence-corrected chi connectivity index (χ4v) is 3.52. The van der Waals surface area contributed by atoms with Crippen LogP contribution in [-0.2, 0) is 16.1 Å². The molecule has 1 atom stereocenters. The summed E-state index contributed by atoms with van der Waals surface area (Å²) >= 11 is 0. The molecule has 0 saturated carbocycles. The third kappa shape index (κ3) is 4.35. The Morgan fingerprint density at radius 1 is 1.32 bits per heavy atom. The number of likely N-dealkylation sites (tertiary alicyclic amines) is 1. The molecule has 31 heavy (non-hydrogen) atoms. The Labute approximate surface area is 178 Å².